The maximum Gasteiger partial charge on any atom is 0.260 e. The van der Waals surface area contributed by atoms with Crippen LogP contribution in [0, 0.1) is 0 Å². The molecule has 192 valence electrons. The highest BCUT2D eigenvalue weighted by molar-refractivity contribution is 7.89. The Hall–Kier alpha value is -2.73. The van der Waals surface area contributed by atoms with Crippen molar-refractivity contribution in [2.24, 2.45) is 0 Å². The SMILES string of the molecule is CN(C)CCCN(C(=O)c1ccc(S(=O)(=O)N2CCCC2)cc1)c1nc2cc3c(cc2s1)OCCO3. The monoisotopic (exact) mass is 530 g/mol. The Bertz CT molecular complexity index is 1310. The number of thiazole rings is 1. The van der Waals surface area contributed by atoms with Gasteiger partial charge in [-0.3, -0.25) is 9.69 Å². The van der Waals surface area contributed by atoms with E-state index in [9.17, 15) is 13.2 Å². The Kier molecular flexibility index (Phi) is 7.16. The van der Waals surface area contributed by atoms with Crippen LogP contribution >= 0.6 is 11.3 Å². The summed E-state index contributed by atoms with van der Waals surface area (Å²) in [6, 6.07) is 10.0. The Morgan fingerprint density at radius 3 is 2.36 bits per heavy atom. The molecule has 1 aromatic heterocycles. The number of hydrogen-bond donors (Lipinski definition) is 0. The molecule has 2 aliphatic heterocycles. The van der Waals surface area contributed by atoms with Gasteiger partial charge in [-0.05, 0) is 64.2 Å². The number of nitrogens with zero attached hydrogens (tertiary/aromatic N) is 4. The zero-order chi connectivity index (χ0) is 25.3. The lowest BCUT2D eigenvalue weighted by molar-refractivity contribution is 0.0986. The number of carbonyl (C=O) groups excluding carboxylic acids is 1. The van der Waals surface area contributed by atoms with E-state index in [-0.39, 0.29) is 10.8 Å². The Morgan fingerprint density at radius 1 is 1.03 bits per heavy atom. The van der Waals surface area contributed by atoms with Gasteiger partial charge in [0.1, 0.15) is 13.2 Å². The number of anilines is 1. The quantitative estimate of drug-likeness (QED) is 0.441. The van der Waals surface area contributed by atoms with E-state index in [4.69, 9.17) is 14.5 Å². The molecule has 1 saturated heterocycles. The summed E-state index contributed by atoms with van der Waals surface area (Å²) in [7, 11) is 0.454. The number of fused-ring (bicyclic) bond motifs is 2. The van der Waals surface area contributed by atoms with E-state index < -0.39 is 10.0 Å². The van der Waals surface area contributed by atoms with Crippen molar-refractivity contribution in [2.75, 3.05) is 58.4 Å². The van der Waals surface area contributed by atoms with Crippen molar-refractivity contribution in [1.29, 1.82) is 0 Å². The van der Waals surface area contributed by atoms with E-state index in [0.29, 0.717) is 55.0 Å². The molecule has 2 aromatic carbocycles. The minimum absolute atomic E-state index is 0.213. The Balaban J connectivity index is 1.43. The largest absolute Gasteiger partial charge is 0.486 e. The first-order valence-electron chi connectivity index (χ1n) is 12.1. The molecule has 11 heteroatoms. The number of aromatic nitrogens is 1. The molecule has 0 spiro atoms. The second-order valence-electron chi connectivity index (χ2n) is 9.21. The number of amides is 1. The van der Waals surface area contributed by atoms with Crippen LogP contribution < -0.4 is 14.4 Å². The lowest BCUT2D eigenvalue weighted by Crippen LogP contribution is -2.33. The van der Waals surface area contributed by atoms with Gasteiger partial charge < -0.3 is 14.4 Å². The van der Waals surface area contributed by atoms with Crippen LogP contribution in [0.15, 0.2) is 41.3 Å². The molecule has 3 heterocycles. The minimum atomic E-state index is -3.53. The number of carbonyl (C=O) groups is 1. The summed E-state index contributed by atoms with van der Waals surface area (Å²) < 4.78 is 39.6. The molecule has 0 N–H and O–H groups in total. The van der Waals surface area contributed by atoms with Gasteiger partial charge in [-0.2, -0.15) is 4.31 Å². The van der Waals surface area contributed by atoms with E-state index in [1.807, 2.05) is 26.2 Å². The smallest absolute Gasteiger partial charge is 0.260 e. The number of benzene rings is 2. The van der Waals surface area contributed by atoms with Crippen LogP contribution in [0.1, 0.15) is 29.6 Å². The zero-order valence-electron chi connectivity index (χ0n) is 20.5. The predicted molar refractivity (Wildman–Crippen MR) is 140 cm³/mol. The molecule has 0 unspecified atom stereocenters. The average Bonchev–Trinajstić information content (AvgIpc) is 3.55. The van der Waals surface area contributed by atoms with Crippen LogP contribution in [-0.4, -0.2) is 82.0 Å². The topological polar surface area (TPSA) is 92.3 Å². The van der Waals surface area contributed by atoms with E-state index in [0.717, 1.165) is 36.0 Å². The van der Waals surface area contributed by atoms with Crippen LogP contribution in [-0.2, 0) is 10.0 Å². The van der Waals surface area contributed by atoms with Gasteiger partial charge >= 0.3 is 0 Å². The molecule has 0 aliphatic carbocycles. The summed E-state index contributed by atoms with van der Waals surface area (Å²) in [6.07, 6.45) is 2.51. The van der Waals surface area contributed by atoms with Crippen LogP contribution in [0.5, 0.6) is 11.5 Å². The summed E-state index contributed by atoms with van der Waals surface area (Å²) in [5.41, 5.74) is 1.17. The molecule has 0 bridgehead atoms. The lowest BCUT2D eigenvalue weighted by Gasteiger charge is -2.21. The van der Waals surface area contributed by atoms with Crippen molar-refractivity contribution in [1.82, 2.24) is 14.2 Å². The first kappa shape index (κ1) is 24.9. The van der Waals surface area contributed by atoms with Gasteiger partial charge in [-0.1, -0.05) is 11.3 Å². The third kappa shape index (κ3) is 5.06. The fraction of sp³-hybridized carbons (Fsp3) is 0.440. The van der Waals surface area contributed by atoms with Gasteiger partial charge in [-0.15, -0.1) is 0 Å². The minimum Gasteiger partial charge on any atom is -0.486 e. The number of hydrogen-bond acceptors (Lipinski definition) is 8. The van der Waals surface area contributed by atoms with Crippen molar-refractivity contribution in [2.45, 2.75) is 24.2 Å². The molecule has 1 amide bonds. The third-order valence-corrected chi connectivity index (χ3v) is 9.26. The summed E-state index contributed by atoms with van der Waals surface area (Å²) in [6.45, 7) is 3.38. The van der Waals surface area contributed by atoms with Crippen molar-refractivity contribution in [3.63, 3.8) is 0 Å². The van der Waals surface area contributed by atoms with Crippen molar-refractivity contribution in [3.05, 3.63) is 42.0 Å². The van der Waals surface area contributed by atoms with E-state index in [2.05, 4.69) is 4.90 Å². The molecule has 1 fully saturated rings. The van der Waals surface area contributed by atoms with E-state index >= 15 is 0 Å². The second kappa shape index (κ2) is 10.3. The highest BCUT2D eigenvalue weighted by Gasteiger charge is 2.28. The molecule has 9 nitrogen and oxygen atoms in total. The number of rotatable bonds is 8. The van der Waals surface area contributed by atoms with Gasteiger partial charge in [0.05, 0.1) is 15.1 Å². The first-order chi connectivity index (χ1) is 17.3. The normalized spacial score (nSPS) is 16.1. The number of ether oxygens (including phenoxy) is 2. The van der Waals surface area contributed by atoms with Gasteiger partial charge in [0.2, 0.25) is 10.0 Å². The van der Waals surface area contributed by atoms with Crippen LogP contribution in [0.3, 0.4) is 0 Å². The average molecular weight is 531 g/mol. The van der Waals surface area contributed by atoms with Crippen molar-refractivity contribution < 1.29 is 22.7 Å². The fourth-order valence-corrected chi connectivity index (χ4v) is 6.92. The third-order valence-electron chi connectivity index (χ3n) is 6.31. The molecule has 0 atom stereocenters. The van der Waals surface area contributed by atoms with Crippen LogP contribution in [0.25, 0.3) is 10.2 Å². The second-order valence-corrected chi connectivity index (χ2v) is 12.2. The van der Waals surface area contributed by atoms with Gasteiger partial charge in [0.15, 0.2) is 16.6 Å². The van der Waals surface area contributed by atoms with Gasteiger partial charge in [0, 0.05) is 37.3 Å². The Labute approximate surface area is 215 Å². The molecular formula is C25H30N4O5S2. The highest BCUT2D eigenvalue weighted by Crippen LogP contribution is 2.39. The van der Waals surface area contributed by atoms with E-state index in [1.165, 1.54) is 27.8 Å². The molecule has 2 aliphatic rings. The standard InChI is InChI=1S/C25H30N4O5S2/c1-27(2)10-5-13-29(25-26-20-16-21-22(17-23(20)35-25)34-15-14-33-21)24(30)18-6-8-19(9-7-18)36(31,32)28-11-3-4-12-28/h6-9,16-17H,3-5,10-15H2,1-2H3. The highest BCUT2D eigenvalue weighted by atomic mass is 32.2. The number of sulfonamides is 1. The summed E-state index contributed by atoms with van der Waals surface area (Å²) in [4.78, 5) is 22.4. The molecule has 5 rings (SSSR count). The molecule has 3 aromatic rings. The predicted octanol–water partition coefficient (Wildman–Crippen LogP) is 3.45. The molecule has 36 heavy (non-hydrogen) atoms. The van der Waals surface area contributed by atoms with Crippen molar-refractivity contribution >= 4 is 42.6 Å². The zero-order valence-corrected chi connectivity index (χ0v) is 22.1. The lowest BCUT2D eigenvalue weighted by atomic mass is 10.2. The van der Waals surface area contributed by atoms with Crippen LogP contribution in [0.4, 0.5) is 5.13 Å². The maximum atomic E-state index is 13.6. The summed E-state index contributed by atoms with van der Waals surface area (Å²) in [5, 5.41) is 0.588. The maximum absolute atomic E-state index is 13.6. The van der Waals surface area contributed by atoms with E-state index in [1.54, 1.807) is 17.0 Å². The molecule has 0 radical (unpaired) electrons. The van der Waals surface area contributed by atoms with Crippen LogP contribution in [0.2, 0.25) is 0 Å². The summed E-state index contributed by atoms with van der Waals surface area (Å²) in [5.74, 6) is 1.13. The summed E-state index contributed by atoms with van der Waals surface area (Å²) >= 11 is 1.43. The Morgan fingerprint density at radius 2 is 1.69 bits per heavy atom. The molecular weight excluding hydrogens is 500 g/mol. The fourth-order valence-electron chi connectivity index (χ4n) is 4.40. The van der Waals surface area contributed by atoms with Gasteiger partial charge in [0.25, 0.3) is 5.91 Å². The van der Waals surface area contributed by atoms with Crippen molar-refractivity contribution in [3.8, 4) is 11.5 Å². The van der Waals surface area contributed by atoms with Gasteiger partial charge in [-0.25, -0.2) is 13.4 Å². The first-order valence-corrected chi connectivity index (χ1v) is 14.4. The molecule has 0 saturated carbocycles.